The molecule has 120 valence electrons. The van der Waals surface area contributed by atoms with Gasteiger partial charge in [0.1, 0.15) is 5.65 Å². The summed E-state index contributed by atoms with van der Waals surface area (Å²) >= 11 is 0. The summed E-state index contributed by atoms with van der Waals surface area (Å²) in [5.74, 6) is 2.15. The molecule has 3 fully saturated rings. The van der Waals surface area contributed by atoms with Crippen LogP contribution in [-0.2, 0) is 0 Å². The highest BCUT2D eigenvalue weighted by molar-refractivity contribution is 5.87. The molecular weight excluding hydrogens is 292 g/mol. The highest BCUT2D eigenvalue weighted by Gasteiger charge is 2.47. The van der Waals surface area contributed by atoms with Gasteiger partial charge >= 0.3 is 5.97 Å². The molecule has 5 rings (SSSR count). The van der Waals surface area contributed by atoms with Gasteiger partial charge in [-0.1, -0.05) is 0 Å². The second kappa shape index (κ2) is 4.69. The first-order valence-electron chi connectivity index (χ1n) is 8.55. The average molecular weight is 312 g/mol. The van der Waals surface area contributed by atoms with E-state index in [0.717, 1.165) is 30.2 Å². The Hall–Kier alpha value is -2.11. The van der Waals surface area contributed by atoms with Crippen LogP contribution in [0.4, 0.5) is 5.95 Å². The van der Waals surface area contributed by atoms with E-state index in [-0.39, 0.29) is 5.69 Å². The summed E-state index contributed by atoms with van der Waals surface area (Å²) in [6.07, 6.45) is 10.2. The molecule has 23 heavy (non-hydrogen) atoms. The van der Waals surface area contributed by atoms with Crippen molar-refractivity contribution in [3.63, 3.8) is 0 Å². The van der Waals surface area contributed by atoms with Crippen molar-refractivity contribution in [3.05, 3.63) is 24.2 Å². The standard InChI is InChI=1S/C17H20N4O2/c22-16(23)13-8-15-18-5-6-20(15)17(19-13)21-9-12(10-1-2-10)7-14(21)11-3-4-11/h5-6,8,10-12,14H,1-4,7,9H2,(H,22,23)/t12-,14-/m1/s1. The second-order valence-electron chi connectivity index (χ2n) is 7.29. The third-order valence-electron chi connectivity index (χ3n) is 5.68. The Balaban J connectivity index is 1.59. The fourth-order valence-electron chi connectivity index (χ4n) is 4.19. The van der Waals surface area contributed by atoms with Crippen molar-refractivity contribution in [1.82, 2.24) is 14.4 Å². The number of nitrogens with zero attached hydrogens (tertiary/aromatic N) is 4. The molecule has 3 heterocycles. The van der Waals surface area contributed by atoms with Crippen LogP contribution >= 0.6 is 0 Å². The predicted molar refractivity (Wildman–Crippen MR) is 84.6 cm³/mol. The third kappa shape index (κ3) is 2.19. The molecule has 0 aromatic carbocycles. The Labute approximate surface area is 134 Å². The monoisotopic (exact) mass is 312 g/mol. The topological polar surface area (TPSA) is 70.7 Å². The van der Waals surface area contributed by atoms with E-state index in [1.807, 2.05) is 10.6 Å². The SMILES string of the molecule is O=C(O)c1cc2nccn2c(N2C[C@H](C3CC3)C[C@@H]2C2CC2)n1. The lowest BCUT2D eigenvalue weighted by molar-refractivity contribution is 0.0690. The lowest BCUT2D eigenvalue weighted by Crippen LogP contribution is -2.33. The number of aromatic nitrogens is 3. The van der Waals surface area contributed by atoms with Crippen molar-refractivity contribution < 1.29 is 9.90 Å². The lowest BCUT2D eigenvalue weighted by Gasteiger charge is -2.26. The fraction of sp³-hybridized carbons (Fsp3) is 0.588. The second-order valence-corrected chi connectivity index (χ2v) is 7.29. The van der Waals surface area contributed by atoms with Crippen molar-refractivity contribution in [2.75, 3.05) is 11.4 Å². The van der Waals surface area contributed by atoms with Gasteiger partial charge in [-0.3, -0.25) is 4.40 Å². The zero-order valence-corrected chi connectivity index (χ0v) is 12.9. The summed E-state index contributed by atoms with van der Waals surface area (Å²) in [6, 6.07) is 2.06. The Kier molecular flexibility index (Phi) is 2.72. The quantitative estimate of drug-likeness (QED) is 0.939. The number of carbonyl (C=O) groups is 1. The fourth-order valence-corrected chi connectivity index (χ4v) is 4.19. The van der Waals surface area contributed by atoms with Gasteiger partial charge in [-0.2, -0.15) is 0 Å². The largest absolute Gasteiger partial charge is 0.477 e. The molecule has 1 saturated heterocycles. The van der Waals surface area contributed by atoms with Gasteiger partial charge in [0, 0.05) is 31.0 Å². The molecule has 2 aromatic rings. The molecule has 0 spiro atoms. The minimum Gasteiger partial charge on any atom is -0.477 e. The van der Waals surface area contributed by atoms with Gasteiger partial charge in [-0.15, -0.1) is 0 Å². The van der Waals surface area contributed by atoms with E-state index in [0.29, 0.717) is 11.7 Å². The van der Waals surface area contributed by atoms with E-state index in [4.69, 9.17) is 0 Å². The minimum absolute atomic E-state index is 0.0862. The predicted octanol–water partition coefficient (Wildman–Crippen LogP) is 2.44. The number of imidazole rings is 1. The maximum Gasteiger partial charge on any atom is 0.354 e. The van der Waals surface area contributed by atoms with E-state index in [1.54, 1.807) is 12.3 Å². The molecular formula is C17H20N4O2. The summed E-state index contributed by atoms with van der Waals surface area (Å²) in [7, 11) is 0. The molecule has 1 aliphatic heterocycles. The first kappa shape index (κ1) is 13.3. The Morgan fingerprint density at radius 2 is 1.96 bits per heavy atom. The summed E-state index contributed by atoms with van der Waals surface area (Å²) < 4.78 is 1.94. The van der Waals surface area contributed by atoms with Crippen LogP contribution in [0.25, 0.3) is 5.65 Å². The summed E-state index contributed by atoms with van der Waals surface area (Å²) in [6.45, 7) is 1.01. The molecule has 6 nitrogen and oxygen atoms in total. The number of hydrogen-bond acceptors (Lipinski definition) is 4. The van der Waals surface area contributed by atoms with Crippen LogP contribution < -0.4 is 4.90 Å². The van der Waals surface area contributed by atoms with Crippen LogP contribution in [0.5, 0.6) is 0 Å². The Bertz CT molecular complexity index is 778. The summed E-state index contributed by atoms with van der Waals surface area (Å²) in [4.78, 5) is 22.6. The molecule has 0 radical (unpaired) electrons. The van der Waals surface area contributed by atoms with Gasteiger partial charge < -0.3 is 10.0 Å². The number of rotatable bonds is 4. The highest BCUT2D eigenvalue weighted by Crippen LogP contribution is 2.49. The molecule has 0 bridgehead atoms. The molecule has 2 atom stereocenters. The van der Waals surface area contributed by atoms with Crippen LogP contribution in [0.2, 0.25) is 0 Å². The third-order valence-corrected chi connectivity index (χ3v) is 5.68. The van der Waals surface area contributed by atoms with E-state index >= 15 is 0 Å². The summed E-state index contributed by atoms with van der Waals surface area (Å²) in [5.41, 5.74) is 0.750. The highest BCUT2D eigenvalue weighted by atomic mass is 16.4. The van der Waals surface area contributed by atoms with Gasteiger partial charge in [0.05, 0.1) is 0 Å². The smallest absolute Gasteiger partial charge is 0.354 e. The van der Waals surface area contributed by atoms with Crippen molar-refractivity contribution in [3.8, 4) is 0 Å². The van der Waals surface area contributed by atoms with Crippen molar-refractivity contribution in [1.29, 1.82) is 0 Å². The van der Waals surface area contributed by atoms with Crippen molar-refractivity contribution in [2.45, 2.75) is 38.1 Å². The van der Waals surface area contributed by atoms with Gasteiger partial charge in [0.15, 0.2) is 5.69 Å². The maximum absolute atomic E-state index is 11.4. The van der Waals surface area contributed by atoms with Gasteiger partial charge in [0.2, 0.25) is 5.95 Å². The molecule has 0 amide bonds. The number of aromatic carboxylic acids is 1. The maximum atomic E-state index is 11.4. The number of carboxylic acids is 1. The molecule has 6 heteroatoms. The first-order valence-corrected chi connectivity index (χ1v) is 8.55. The van der Waals surface area contributed by atoms with Crippen LogP contribution in [0.3, 0.4) is 0 Å². The van der Waals surface area contributed by atoms with Gasteiger partial charge in [0.25, 0.3) is 0 Å². The van der Waals surface area contributed by atoms with Crippen LogP contribution in [0, 0.1) is 17.8 Å². The van der Waals surface area contributed by atoms with Crippen LogP contribution in [-0.4, -0.2) is 38.0 Å². The molecule has 1 N–H and O–H groups in total. The Morgan fingerprint density at radius 3 is 2.65 bits per heavy atom. The van der Waals surface area contributed by atoms with E-state index < -0.39 is 5.97 Å². The van der Waals surface area contributed by atoms with Crippen molar-refractivity contribution in [2.24, 2.45) is 17.8 Å². The zero-order valence-electron chi connectivity index (χ0n) is 12.9. The van der Waals surface area contributed by atoms with Gasteiger partial charge in [-0.25, -0.2) is 14.8 Å². The molecule has 2 saturated carbocycles. The Morgan fingerprint density at radius 1 is 1.17 bits per heavy atom. The number of carboxylic acid groups (broad SMARTS) is 1. The van der Waals surface area contributed by atoms with E-state index in [2.05, 4.69) is 14.9 Å². The normalized spacial score (nSPS) is 27.7. The van der Waals surface area contributed by atoms with Crippen LogP contribution in [0.1, 0.15) is 42.6 Å². The number of hydrogen-bond donors (Lipinski definition) is 1. The minimum atomic E-state index is -0.988. The van der Waals surface area contributed by atoms with E-state index in [9.17, 15) is 9.90 Å². The first-order chi connectivity index (χ1) is 11.2. The number of fused-ring (bicyclic) bond motifs is 1. The zero-order chi connectivity index (χ0) is 15.6. The number of anilines is 1. The van der Waals surface area contributed by atoms with Crippen LogP contribution in [0.15, 0.2) is 18.5 Å². The molecule has 3 aliphatic rings. The summed E-state index contributed by atoms with van der Waals surface area (Å²) in [5, 5.41) is 9.37. The van der Waals surface area contributed by atoms with E-state index in [1.165, 1.54) is 32.1 Å². The lowest BCUT2D eigenvalue weighted by atomic mass is 9.98. The molecule has 0 unspecified atom stereocenters. The van der Waals surface area contributed by atoms with Crippen molar-refractivity contribution >= 4 is 17.6 Å². The molecule has 2 aromatic heterocycles. The molecule has 2 aliphatic carbocycles. The van der Waals surface area contributed by atoms with Gasteiger partial charge in [-0.05, 0) is 49.9 Å². The average Bonchev–Trinajstić information content (AvgIpc) is 3.47.